The van der Waals surface area contributed by atoms with E-state index in [4.69, 9.17) is 4.74 Å². The minimum atomic E-state index is -0.501. The number of benzene rings is 1. The monoisotopic (exact) mass is 374 g/mol. The molecule has 0 saturated carbocycles. The van der Waals surface area contributed by atoms with Gasteiger partial charge in [0.1, 0.15) is 10.6 Å². The number of nitrogens with zero attached hydrogens (tertiary/aromatic N) is 2. The van der Waals surface area contributed by atoms with Crippen molar-refractivity contribution >= 4 is 23.8 Å². The van der Waals surface area contributed by atoms with Crippen LogP contribution in [0.25, 0.3) is 0 Å². The summed E-state index contributed by atoms with van der Waals surface area (Å²) < 4.78 is 5.19. The molecule has 0 aliphatic carbocycles. The molecule has 0 spiro atoms. The fourth-order valence-corrected chi connectivity index (χ4v) is 2.93. The number of alkyl carbamates (subject to hydrolysis) is 1. The third-order valence-corrected chi connectivity index (χ3v) is 4.08. The van der Waals surface area contributed by atoms with Crippen LogP contribution in [-0.2, 0) is 4.74 Å². The van der Waals surface area contributed by atoms with Crippen LogP contribution in [0.3, 0.4) is 0 Å². The highest BCUT2D eigenvalue weighted by atomic mass is 32.2. The van der Waals surface area contributed by atoms with Gasteiger partial charge < -0.3 is 15.4 Å². The Labute approximate surface area is 159 Å². The van der Waals surface area contributed by atoms with Crippen LogP contribution < -0.4 is 10.6 Å². The van der Waals surface area contributed by atoms with E-state index >= 15 is 0 Å². The van der Waals surface area contributed by atoms with Gasteiger partial charge in [0.25, 0.3) is 0 Å². The second-order valence-corrected chi connectivity index (χ2v) is 8.04. The van der Waals surface area contributed by atoms with Crippen molar-refractivity contribution in [3.05, 3.63) is 41.6 Å². The Morgan fingerprint density at radius 3 is 2.46 bits per heavy atom. The van der Waals surface area contributed by atoms with Gasteiger partial charge in [-0.3, -0.25) is 0 Å². The highest BCUT2D eigenvalue weighted by molar-refractivity contribution is 7.99. The van der Waals surface area contributed by atoms with Gasteiger partial charge in [0, 0.05) is 23.7 Å². The van der Waals surface area contributed by atoms with Crippen LogP contribution in [0, 0.1) is 13.8 Å². The van der Waals surface area contributed by atoms with Gasteiger partial charge in [-0.2, -0.15) is 0 Å². The zero-order valence-corrected chi connectivity index (χ0v) is 16.7. The van der Waals surface area contributed by atoms with Gasteiger partial charge in [0.2, 0.25) is 5.95 Å². The van der Waals surface area contributed by atoms with Crippen LogP contribution >= 0.6 is 11.8 Å². The molecule has 0 radical (unpaired) electrons. The predicted molar refractivity (Wildman–Crippen MR) is 105 cm³/mol. The largest absolute Gasteiger partial charge is 0.444 e. The van der Waals surface area contributed by atoms with Crippen LogP contribution in [-0.4, -0.2) is 34.8 Å². The van der Waals surface area contributed by atoms with Crippen molar-refractivity contribution in [2.75, 3.05) is 18.4 Å². The van der Waals surface area contributed by atoms with E-state index in [0.717, 1.165) is 15.6 Å². The molecule has 0 atom stereocenters. The first-order valence-corrected chi connectivity index (χ1v) is 9.34. The van der Waals surface area contributed by atoms with Crippen LogP contribution in [0.5, 0.6) is 0 Å². The van der Waals surface area contributed by atoms with E-state index in [0.29, 0.717) is 19.0 Å². The minimum absolute atomic E-state index is 0.423. The number of hydrogen-bond acceptors (Lipinski definition) is 6. The Hall–Kier alpha value is -2.28. The molecule has 0 aliphatic heterocycles. The number of ether oxygens (including phenoxy) is 1. The average molecular weight is 375 g/mol. The quantitative estimate of drug-likeness (QED) is 0.583. The third kappa shape index (κ3) is 7.31. The Morgan fingerprint density at radius 2 is 1.81 bits per heavy atom. The number of amides is 1. The van der Waals surface area contributed by atoms with Gasteiger partial charge in [-0.25, -0.2) is 14.8 Å². The lowest BCUT2D eigenvalue weighted by Gasteiger charge is -2.19. The van der Waals surface area contributed by atoms with Crippen molar-refractivity contribution in [1.29, 1.82) is 0 Å². The predicted octanol–water partition coefficient (Wildman–Crippen LogP) is 4.18. The van der Waals surface area contributed by atoms with E-state index in [-0.39, 0.29) is 0 Å². The van der Waals surface area contributed by atoms with Gasteiger partial charge in [-0.1, -0.05) is 29.5 Å². The van der Waals surface area contributed by atoms with E-state index in [1.165, 1.54) is 5.56 Å². The van der Waals surface area contributed by atoms with E-state index in [9.17, 15) is 4.79 Å². The van der Waals surface area contributed by atoms with E-state index in [2.05, 4.69) is 51.8 Å². The number of carbonyl (C=O) groups excluding carboxylic acids is 1. The molecule has 7 heteroatoms. The second-order valence-electron chi connectivity index (χ2n) is 6.94. The van der Waals surface area contributed by atoms with E-state index in [1.54, 1.807) is 11.8 Å². The molecule has 2 rings (SSSR count). The number of anilines is 1. The summed E-state index contributed by atoms with van der Waals surface area (Å²) in [7, 11) is 0. The van der Waals surface area contributed by atoms with E-state index < -0.39 is 11.7 Å². The van der Waals surface area contributed by atoms with E-state index in [1.807, 2.05) is 33.8 Å². The number of aromatic nitrogens is 2. The Kier molecular flexibility index (Phi) is 6.85. The number of nitrogens with one attached hydrogen (secondary N) is 2. The van der Waals surface area contributed by atoms with Crippen molar-refractivity contribution in [2.24, 2.45) is 0 Å². The van der Waals surface area contributed by atoms with Crippen molar-refractivity contribution in [3.8, 4) is 0 Å². The number of rotatable bonds is 6. The summed E-state index contributed by atoms with van der Waals surface area (Å²) in [5, 5.41) is 6.71. The Bertz CT molecular complexity index is 742. The lowest BCUT2D eigenvalue weighted by Crippen LogP contribution is -2.35. The first kappa shape index (κ1) is 20.0. The number of carbonyl (C=O) groups is 1. The maximum absolute atomic E-state index is 11.6. The summed E-state index contributed by atoms with van der Waals surface area (Å²) in [6.45, 7) is 10.4. The molecule has 0 fully saturated rings. The Morgan fingerprint density at radius 1 is 1.12 bits per heavy atom. The zero-order chi connectivity index (χ0) is 19.2. The van der Waals surface area contributed by atoms with Gasteiger partial charge in [0.05, 0.1) is 0 Å². The lowest BCUT2D eigenvalue weighted by atomic mass is 10.2. The smallest absolute Gasteiger partial charge is 0.407 e. The second kappa shape index (κ2) is 8.89. The molecule has 0 saturated heterocycles. The topological polar surface area (TPSA) is 76.1 Å². The van der Waals surface area contributed by atoms with Crippen molar-refractivity contribution in [1.82, 2.24) is 15.3 Å². The maximum atomic E-state index is 11.6. The summed E-state index contributed by atoms with van der Waals surface area (Å²) in [5.41, 5.74) is 1.62. The van der Waals surface area contributed by atoms with Gasteiger partial charge in [-0.05, 0) is 52.8 Å². The fourth-order valence-electron chi connectivity index (χ4n) is 2.05. The molecule has 1 aromatic heterocycles. The lowest BCUT2D eigenvalue weighted by molar-refractivity contribution is 0.0530. The van der Waals surface area contributed by atoms with Gasteiger partial charge >= 0.3 is 6.09 Å². The molecule has 1 aromatic carbocycles. The fraction of sp³-hybridized carbons (Fsp3) is 0.421. The molecule has 0 unspecified atom stereocenters. The van der Waals surface area contributed by atoms with Gasteiger partial charge in [0.15, 0.2) is 0 Å². The van der Waals surface area contributed by atoms with Crippen LogP contribution in [0.4, 0.5) is 10.7 Å². The highest BCUT2D eigenvalue weighted by Gasteiger charge is 2.15. The molecule has 1 amide bonds. The highest BCUT2D eigenvalue weighted by Crippen LogP contribution is 2.27. The first-order chi connectivity index (χ1) is 12.2. The zero-order valence-electron chi connectivity index (χ0n) is 15.9. The molecule has 0 bridgehead atoms. The van der Waals surface area contributed by atoms with Crippen molar-refractivity contribution in [3.63, 3.8) is 0 Å². The number of hydrogen-bond donors (Lipinski definition) is 2. The molecule has 0 aliphatic rings. The van der Waals surface area contributed by atoms with Crippen LogP contribution in [0.15, 0.2) is 40.3 Å². The Balaban J connectivity index is 1.87. The third-order valence-electron chi connectivity index (χ3n) is 3.15. The van der Waals surface area contributed by atoms with Crippen LogP contribution in [0.1, 0.15) is 32.0 Å². The van der Waals surface area contributed by atoms with Crippen LogP contribution in [0.2, 0.25) is 0 Å². The van der Waals surface area contributed by atoms with Crippen molar-refractivity contribution in [2.45, 2.75) is 50.1 Å². The number of aryl methyl sites for hydroxylation is 2. The first-order valence-electron chi connectivity index (χ1n) is 8.52. The maximum Gasteiger partial charge on any atom is 0.407 e. The van der Waals surface area contributed by atoms with Gasteiger partial charge in [-0.15, -0.1) is 0 Å². The summed E-state index contributed by atoms with van der Waals surface area (Å²) in [4.78, 5) is 21.7. The summed E-state index contributed by atoms with van der Waals surface area (Å²) in [5.74, 6) is 0.547. The molecule has 6 nitrogen and oxygen atoms in total. The normalized spacial score (nSPS) is 11.1. The SMILES string of the molecule is Cc1ccc(Sc2cc(C)nc(NCCNC(=O)OC(C)(C)C)n2)cc1. The van der Waals surface area contributed by atoms with Crippen molar-refractivity contribution < 1.29 is 9.53 Å². The summed E-state index contributed by atoms with van der Waals surface area (Å²) in [6.07, 6.45) is -0.430. The summed E-state index contributed by atoms with van der Waals surface area (Å²) >= 11 is 1.59. The molecular formula is C19H26N4O2S. The molecule has 140 valence electrons. The minimum Gasteiger partial charge on any atom is -0.444 e. The average Bonchev–Trinajstić information content (AvgIpc) is 2.52. The summed E-state index contributed by atoms with van der Waals surface area (Å²) in [6, 6.07) is 10.3. The standard InChI is InChI=1S/C19H26N4O2S/c1-13-6-8-15(9-7-13)26-16-12-14(2)22-17(23-16)20-10-11-21-18(24)25-19(3,4)5/h6-9,12H,10-11H2,1-5H3,(H,21,24)(H,20,22,23). The molecule has 26 heavy (non-hydrogen) atoms. The molecule has 2 aromatic rings. The molecule has 1 heterocycles. The molecular weight excluding hydrogens is 348 g/mol. The molecule has 2 N–H and O–H groups in total.